The van der Waals surface area contributed by atoms with Crippen LogP contribution in [0.3, 0.4) is 0 Å². The Bertz CT molecular complexity index is 959. The van der Waals surface area contributed by atoms with Crippen LogP contribution in [0, 0.1) is 0 Å². The lowest BCUT2D eigenvalue weighted by Gasteiger charge is -2.10. The number of aromatic nitrogens is 1. The van der Waals surface area contributed by atoms with Crippen LogP contribution in [0.2, 0.25) is 10.0 Å². The summed E-state index contributed by atoms with van der Waals surface area (Å²) >= 11 is 13.7. The molecule has 0 fully saturated rings. The van der Waals surface area contributed by atoms with E-state index in [1.807, 2.05) is 24.3 Å². The van der Waals surface area contributed by atoms with Crippen molar-refractivity contribution in [1.29, 1.82) is 0 Å². The van der Waals surface area contributed by atoms with Crippen molar-refractivity contribution in [3.63, 3.8) is 0 Å². The van der Waals surface area contributed by atoms with Gasteiger partial charge in [0.2, 0.25) is 0 Å². The average Bonchev–Trinajstić information content (AvgIpc) is 3.13. The van der Waals surface area contributed by atoms with Gasteiger partial charge in [0.25, 0.3) is 5.91 Å². The van der Waals surface area contributed by atoms with Crippen molar-refractivity contribution in [3.05, 3.63) is 74.7 Å². The molecule has 0 aliphatic rings. The molecule has 0 bridgehead atoms. The number of carbonyl (C=O) groups excluding carboxylic acids is 1. The highest BCUT2D eigenvalue weighted by molar-refractivity contribution is 7.15. The van der Waals surface area contributed by atoms with Crippen LogP contribution in [0.1, 0.15) is 40.6 Å². The van der Waals surface area contributed by atoms with Gasteiger partial charge >= 0.3 is 0 Å². The third-order valence-electron chi connectivity index (χ3n) is 4.06. The normalized spacial score (nSPS) is 10.7. The van der Waals surface area contributed by atoms with Gasteiger partial charge < -0.3 is 4.74 Å². The van der Waals surface area contributed by atoms with Crippen LogP contribution < -0.4 is 10.1 Å². The van der Waals surface area contributed by atoms with Gasteiger partial charge in [-0.3, -0.25) is 10.1 Å². The van der Waals surface area contributed by atoms with Crippen molar-refractivity contribution in [2.45, 2.75) is 26.2 Å². The fourth-order valence-electron chi connectivity index (χ4n) is 2.59. The van der Waals surface area contributed by atoms with Crippen LogP contribution >= 0.6 is 34.5 Å². The predicted molar refractivity (Wildman–Crippen MR) is 116 cm³/mol. The standard InChI is InChI=1S/C21H20Cl2N2O2S/c1-2-3-11-27-18-10-5-4-8-16(18)20(26)25-21-24-13-15(28-21)12-14-7-6-9-17(22)19(14)23/h4-10,13H,2-3,11-12H2,1H3,(H,24,25,26). The maximum absolute atomic E-state index is 12.7. The second-order valence-electron chi connectivity index (χ2n) is 6.17. The number of unbranched alkanes of at least 4 members (excludes halogenated alkanes) is 1. The highest BCUT2D eigenvalue weighted by Crippen LogP contribution is 2.30. The monoisotopic (exact) mass is 434 g/mol. The largest absolute Gasteiger partial charge is 0.493 e. The molecule has 1 N–H and O–H groups in total. The van der Waals surface area contributed by atoms with Gasteiger partial charge in [-0.25, -0.2) is 4.98 Å². The third-order valence-corrected chi connectivity index (χ3v) is 5.83. The highest BCUT2D eigenvalue weighted by atomic mass is 35.5. The molecule has 4 nitrogen and oxygen atoms in total. The molecule has 146 valence electrons. The van der Waals surface area contributed by atoms with Crippen LogP contribution in [0.4, 0.5) is 5.13 Å². The van der Waals surface area contributed by atoms with Crippen LogP contribution in [0.25, 0.3) is 0 Å². The first-order valence-electron chi connectivity index (χ1n) is 8.99. The molecular weight excluding hydrogens is 415 g/mol. The number of carbonyl (C=O) groups is 1. The number of hydrogen-bond donors (Lipinski definition) is 1. The topological polar surface area (TPSA) is 51.2 Å². The van der Waals surface area contributed by atoms with Gasteiger partial charge in [-0.1, -0.05) is 60.8 Å². The zero-order valence-corrected chi connectivity index (χ0v) is 17.7. The Hall–Kier alpha value is -2.08. The summed E-state index contributed by atoms with van der Waals surface area (Å²) in [6.07, 6.45) is 4.32. The van der Waals surface area contributed by atoms with Gasteiger partial charge in [-0.2, -0.15) is 0 Å². The summed E-state index contributed by atoms with van der Waals surface area (Å²) in [4.78, 5) is 18.0. The molecule has 2 aromatic carbocycles. The number of halogens is 2. The minimum absolute atomic E-state index is 0.242. The van der Waals surface area contributed by atoms with Crippen LogP contribution in [-0.2, 0) is 6.42 Å². The van der Waals surface area contributed by atoms with Crippen molar-refractivity contribution >= 4 is 45.6 Å². The van der Waals surface area contributed by atoms with Crippen LogP contribution in [0.15, 0.2) is 48.7 Å². The number of hydrogen-bond acceptors (Lipinski definition) is 4. The second-order valence-corrected chi connectivity index (χ2v) is 8.07. The summed E-state index contributed by atoms with van der Waals surface area (Å²) in [5.41, 5.74) is 1.42. The molecule has 0 unspecified atom stereocenters. The fraction of sp³-hybridized carbons (Fsp3) is 0.238. The van der Waals surface area contributed by atoms with Crippen LogP contribution in [-0.4, -0.2) is 17.5 Å². The Kier molecular flexibility index (Phi) is 7.31. The van der Waals surface area contributed by atoms with E-state index < -0.39 is 0 Å². The molecule has 0 aliphatic heterocycles. The summed E-state index contributed by atoms with van der Waals surface area (Å²) < 4.78 is 5.74. The van der Waals surface area contributed by atoms with E-state index in [-0.39, 0.29) is 5.91 Å². The Morgan fingerprint density at radius 2 is 2.00 bits per heavy atom. The number of rotatable bonds is 8. The van der Waals surface area contributed by atoms with Gasteiger partial charge in [0.05, 0.1) is 22.2 Å². The van der Waals surface area contributed by atoms with E-state index in [1.54, 1.807) is 24.4 Å². The number of benzene rings is 2. The van der Waals surface area contributed by atoms with E-state index >= 15 is 0 Å². The molecule has 3 aromatic rings. The Balaban J connectivity index is 1.68. The zero-order valence-electron chi connectivity index (χ0n) is 15.4. The lowest BCUT2D eigenvalue weighted by Crippen LogP contribution is -2.13. The fourth-order valence-corrected chi connectivity index (χ4v) is 3.81. The summed E-state index contributed by atoms with van der Waals surface area (Å²) in [5, 5.41) is 4.45. The molecule has 28 heavy (non-hydrogen) atoms. The molecule has 7 heteroatoms. The predicted octanol–water partition coefficient (Wildman–Crippen LogP) is 6.47. The Morgan fingerprint density at radius 1 is 1.18 bits per heavy atom. The Morgan fingerprint density at radius 3 is 2.82 bits per heavy atom. The summed E-state index contributed by atoms with van der Waals surface area (Å²) in [6.45, 7) is 2.68. The van der Waals surface area contributed by atoms with E-state index in [9.17, 15) is 4.79 Å². The number of amides is 1. The smallest absolute Gasteiger partial charge is 0.261 e. The molecule has 0 aliphatic carbocycles. The average molecular weight is 435 g/mol. The number of thiazole rings is 1. The molecule has 0 saturated carbocycles. The summed E-state index contributed by atoms with van der Waals surface area (Å²) in [5.74, 6) is 0.338. The van der Waals surface area contributed by atoms with E-state index in [1.165, 1.54) is 11.3 Å². The summed E-state index contributed by atoms with van der Waals surface area (Å²) in [7, 11) is 0. The van der Waals surface area contributed by atoms with Gasteiger partial charge in [-0.05, 0) is 30.2 Å². The number of para-hydroxylation sites is 1. The first kappa shape index (κ1) is 20.6. The number of ether oxygens (including phenoxy) is 1. The molecule has 0 radical (unpaired) electrons. The van der Waals surface area contributed by atoms with Gasteiger partial charge in [-0.15, -0.1) is 11.3 Å². The molecule has 1 amide bonds. The van der Waals surface area contributed by atoms with Crippen molar-refractivity contribution < 1.29 is 9.53 Å². The van der Waals surface area contributed by atoms with Crippen molar-refractivity contribution in [1.82, 2.24) is 4.98 Å². The number of nitrogens with one attached hydrogen (secondary N) is 1. The molecule has 0 spiro atoms. The lowest BCUT2D eigenvalue weighted by atomic mass is 10.1. The maximum Gasteiger partial charge on any atom is 0.261 e. The quantitative estimate of drug-likeness (QED) is 0.413. The second kappa shape index (κ2) is 9.92. The number of anilines is 1. The maximum atomic E-state index is 12.7. The SMILES string of the molecule is CCCCOc1ccccc1C(=O)Nc1ncc(Cc2cccc(Cl)c2Cl)s1. The molecule has 1 heterocycles. The molecular formula is C21H20Cl2N2O2S. The third kappa shape index (κ3) is 5.25. The van der Waals surface area contributed by atoms with Crippen LogP contribution in [0.5, 0.6) is 5.75 Å². The summed E-state index contributed by atoms with van der Waals surface area (Å²) in [6, 6.07) is 12.8. The van der Waals surface area contributed by atoms with Crippen molar-refractivity contribution in [3.8, 4) is 5.75 Å². The van der Waals surface area contributed by atoms with E-state index in [4.69, 9.17) is 27.9 Å². The van der Waals surface area contributed by atoms with E-state index in [0.717, 1.165) is 23.3 Å². The number of nitrogens with zero attached hydrogens (tertiary/aromatic N) is 1. The van der Waals surface area contributed by atoms with E-state index in [2.05, 4.69) is 17.2 Å². The van der Waals surface area contributed by atoms with Gasteiger partial charge in [0.1, 0.15) is 5.75 Å². The first-order chi connectivity index (χ1) is 13.6. The lowest BCUT2D eigenvalue weighted by molar-refractivity contribution is 0.102. The van der Waals surface area contributed by atoms with Gasteiger partial charge in [0.15, 0.2) is 5.13 Å². The molecule has 3 rings (SSSR count). The van der Waals surface area contributed by atoms with Crippen molar-refractivity contribution in [2.75, 3.05) is 11.9 Å². The minimum Gasteiger partial charge on any atom is -0.493 e. The Labute approximate surface area is 178 Å². The highest BCUT2D eigenvalue weighted by Gasteiger charge is 2.15. The zero-order chi connectivity index (χ0) is 19.9. The minimum atomic E-state index is -0.242. The molecule has 0 atom stereocenters. The molecule has 1 aromatic heterocycles. The van der Waals surface area contributed by atoms with Gasteiger partial charge in [0, 0.05) is 17.5 Å². The molecule has 0 saturated heterocycles. The first-order valence-corrected chi connectivity index (χ1v) is 10.6. The van der Waals surface area contributed by atoms with Crippen molar-refractivity contribution in [2.24, 2.45) is 0 Å². The van der Waals surface area contributed by atoms with E-state index in [0.29, 0.717) is 39.5 Å².